The number of rotatable bonds is 2. The molecule has 0 aliphatic carbocycles. The van der Waals surface area contributed by atoms with E-state index in [2.05, 4.69) is 76.4 Å². The highest BCUT2D eigenvalue weighted by atomic mass is 79.9. The van der Waals surface area contributed by atoms with E-state index in [-0.39, 0.29) is 6.10 Å². The van der Waals surface area contributed by atoms with Crippen LogP contribution in [-0.2, 0) is 10.5 Å². The number of halogens is 1. The predicted molar refractivity (Wildman–Crippen MR) is 118 cm³/mol. The second kappa shape index (κ2) is 8.69. The Hall–Kier alpha value is -0.810. The summed E-state index contributed by atoms with van der Waals surface area (Å²) >= 11 is 4.88. The maximum absolute atomic E-state index is 6.85. The number of piperidine rings is 1. The number of nitrogens with zero attached hydrogens (tertiary/aromatic N) is 1. The second-order valence-electron chi connectivity index (χ2n) is 7.69. The van der Waals surface area contributed by atoms with Crippen LogP contribution in [0.2, 0.25) is 0 Å². The Labute approximate surface area is 175 Å². The molecule has 2 nitrogen and oxygen atoms in total. The van der Waals surface area contributed by atoms with Crippen LogP contribution in [0.1, 0.15) is 48.5 Å². The zero-order valence-corrected chi connectivity index (χ0v) is 18.5. The fourth-order valence-corrected chi connectivity index (χ4v) is 5.98. The summed E-state index contributed by atoms with van der Waals surface area (Å²) in [6.07, 6.45) is 5.50. The van der Waals surface area contributed by atoms with Crippen molar-refractivity contribution in [1.82, 2.24) is 4.90 Å². The monoisotopic (exact) mass is 445 g/mol. The van der Waals surface area contributed by atoms with Gasteiger partial charge < -0.3 is 9.64 Å². The number of benzene rings is 2. The Bertz CT molecular complexity index is 721. The van der Waals surface area contributed by atoms with Gasteiger partial charge in [-0.25, -0.2) is 0 Å². The van der Waals surface area contributed by atoms with Crippen molar-refractivity contribution in [3.63, 3.8) is 0 Å². The van der Waals surface area contributed by atoms with Crippen LogP contribution in [0.5, 0.6) is 0 Å². The number of fused-ring (bicyclic) bond motifs is 4. The van der Waals surface area contributed by atoms with Gasteiger partial charge in [-0.2, -0.15) is 0 Å². The van der Waals surface area contributed by atoms with E-state index in [0.29, 0.717) is 6.10 Å². The molecule has 0 amide bonds. The van der Waals surface area contributed by atoms with E-state index in [1.807, 2.05) is 17.6 Å². The molecule has 4 atom stereocenters. The van der Waals surface area contributed by atoms with Gasteiger partial charge in [0, 0.05) is 22.7 Å². The molecule has 2 unspecified atom stereocenters. The van der Waals surface area contributed by atoms with Gasteiger partial charge >= 0.3 is 0 Å². The Balaban J connectivity index is 0.000000872. The number of thioether (sulfide) groups is 1. The summed E-state index contributed by atoms with van der Waals surface area (Å²) in [7, 11) is 2.30. The smallest absolute Gasteiger partial charge is 0.109 e. The summed E-state index contributed by atoms with van der Waals surface area (Å²) in [6, 6.07) is 19.1. The molecular weight excluding hydrogens is 418 g/mol. The molecule has 3 heterocycles. The molecule has 2 bridgehead atoms. The van der Waals surface area contributed by atoms with Gasteiger partial charge in [-0.15, -0.1) is 11.8 Å². The molecule has 0 radical (unpaired) electrons. The summed E-state index contributed by atoms with van der Waals surface area (Å²) < 4.78 is 6.85. The lowest BCUT2D eigenvalue weighted by Crippen LogP contribution is -2.43. The summed E-state index contributed by atoms with van der Waals surface area (Å²) in [6.45, 7) is 0. The van der Waals surface area contributed by atoms with Gasteiger partial charge in [0.05, 0.1) is 6.10 Å². The average molecular weight is 446 g/mol. The van der Waals surface area contributed by atoms with E-state index in [0.717, 1.165) is 17.8 Å². The Morgan fingerprint density at radius 3 is 2.30 bits per heavy atom. The minimum atomic E-state index is 0.0789. The minimum absolute atomic E-state index is 0.0789. The Kier molecular flexibility index (Phi) is 6.28. The van der Waals surface area contributed by atoms with Crippen molar-refractivity contribution in [1.29, 1.82) is 0 Å². The van der Waals surface area contributed by atoms with E-state index < -0.39 is 0 Å². The third-order valence-electron chi connectivity index (χ3n) is 6.31. The van der Waals surface area contributed by atoms with Crippen molar-refractivity contribution in [2.75, 3.05) is 12.9 Å². The topological polar surface area (TPSA) is 12.5 Å². The van der Waals surface area contributed by atoms with Crippen molar-refractivity contribution >= 4 is 27.7 Å². The number of hydrogen-bond acceptors (Lipinski definition) is 3. The minimum Gasteiger partial charge on any atom is -0.365 e. The number of alkyl halides is 1. The first-order chi connectivity index (χ1) is 13.3. The zero-order valence-electron chi connectivity index (χ0n) is 16.1. The molecule has 3 aliphatic heterocycles. The molecule has 3 aliphatic rings. The first-order valence-corrected chi connectivity index (χ1v) is 12.4. The van der Waals surface area contributed by atoms with Gasteiger partial charge in [0.2, 0.25) is 0 Å². The van der Waals surface area contributed by atoms with Crippen LogP contribution >= 0.6 is 27.7 Å². The largest absolute Gasteiger partial charge is 0.365 e. The molecule has 2 saturated heterocycles. The first-order valence-electron chi connectivity index (χ1n) is 9.84. The summed E-state index contributed by atoms with van der Waals surface area (Å²) in [5.41, 5.74) is 4.14. The molecule has 144 valence electrons. The maximum atomic E-state index is 6.85. The summed E-state index contributed by atoms with van der Waals surface area (Å²) in [4.78, 5) is 3.96. The predicted octanol–water partition coefficient (Wildman–Crippen LogP) is 6.03. The highest BCUT2D eigenvalue weighted by Crippen LogP contribution is 2.44. The highest BCUT2D eigenvalue weighted by molar-refractivity contribution is 9.08. The molecule has 2 aromatic rings. The van der Waals surface area contributed by atoms with Crippen LogP contribution in [0, 0.1) is 0 Å². The van der Waals surface area contributed by atoms with Crippen molar-refractivity contribution in [3.05, 3.63) is 65.2 Å². The van der Waals surface area contributed by atoms with Gasteiger partial charge in [-0.05, 0) is 61.3 Å². The first kappa shape index (κ1) is 19.5. The van der Waals surface area contributed by atoms with Gasteiger partial charge in [0.15, 0.2) is 0 Å². The lowest BCUT2D eigenvalue weighted by atomic mass is 9.95. The van der Waals surface area contributed by atoms with Crippen LogP contribution in [0.15, 0.2) is 53.4 Å². The molecule has 5 rings (SSSR count). The van der Waals surface area contributed by atoms with Gasteiger partial charge in [0.1, 0.15) is 6.10 Å². The third-order valence-corrected chi connectivity index (χ3v) is 7.44. The molecule has 0 aromatic heterocycles. The average Bonchev–Trinajstić information content (AvgIpc) is 2.90. The van der Waals surface area contributed by atoms with Crippen LogP contribution in [0.4, 0.5) is 0 Å². The Morgan fingerprint density at radius 1 is 0.926 bits per heavy atom. The lowest BCUT2D eigenvalue weighted by Gasteiger charge is -2.38. The van der Waals surface area contributed by atoms with E-state index in [9.17, 15) is 0 Å². The molecule has 0 saturated carbocycles. The number of hydrogen-bond donors (Lipinski definition) is 0. The molecule has 27 heavy (non-hydrogen) atoms. The molecule has 0 spiro atoms. The van der Waals surface area contributed by atoms with Crippen molar-refractivity contribution in [2.24, 2.45) is 0 Å². The third kappa shape index (κ3) is 3.87. The van der Waals surface area contributed by atoms with Crippen molar-refractivity contribution in [2.45, 2.75) is 60.6 Å². The van der Waals surface area contributed by atoms with Crippen molar-refractivity contribution in [3.8, 4) is 0 Å². The molecule has 4 heteroatoms. The second-order valence-corrected chi connectivity index (χ2v) is 8.70. The lowest BCUT2D eigenvalue weighted by molar-refractivity contribution is -0.0435. The standard InChI is InChI=1S/C22H25NOS.CH3Br/c1-23-16-10-11-17(23)13-18(12-16)24-22-19-7-3-2-6-15(19)14-25-21-9-5-4-8-20(21)22;1-2/h2-9,16-18,22H,10-14H2,1H3;1H3/t16-,17+,18?,22?;. The molecular formula is C23H28BrNOS. The highest BCUT2D eigenvalue weighted by Gasteiger charge is 2.40. The maximum Gasteiger partial charge on any atom is 0.109 e. The summed E-state index contributed by atoms with van der Waals surface area (Å²) in [5, 5.41) is 0. The molecule has 0 N–H and O–H groups in total. The Morgan fingerprint density at radius 2 is 1.56 bits per heavy atom. The van der Waals surface area contributed by atoms with Gasteiger partial charge in [-0.1, -0.05) is 58.4 Å². The summed E-state index contributed by atoms with van der Waals surface area (Å²) in [5.74, 6) is 2.85. The molecule has 2 aromatic carbocycles. The van der Waals surface area contributed by atoms with E-state index in [1.165, 1.54) is 47.3 Å². The van der Waals surface area contributed by atoms with Gasteiger partial charge in [0.25, 0.3) is 0 Å². The van der Waals surface area contributed by atoms with E-state index >= 15 is 0 Å². The van der Waals surface area contributed by atoms with Crippen LogP contribution in [0.25, 0.3) is 0 Å². The van der Waals surface area contributed by atoms with Crippen LogP contribution in [-0.4, -0.2) is 36.0 Å². The fourth-order valence-electron chi connectivity index (χ4n) is 4.88. The van der Waals surface area contributed by atoms with Gasteiger partial charge in [-0.3, -0.25) is 0 Å². The van der Waals surface area contributed by atoms with E-state index in [1.54, 1.807) is 0 Å². The quantitative estimate of drug-likeness (QED) is 0.523. The molecule has 2 fully saturated rings. The van der Waals surface area contributed by atoms with Crippen LogP contribution < -0.4 is 0 Å². The normalized spacial score (nSPS) is 29.1. The van der Waals surface area contributed by atoms with Crippen LogP contribution in [0.3, 0.4) is 0 Å². The SMILES string of the molecule is CBr.CN1[C@@H]2CC[C@H]1CC(OC1c3ccccc3CSc3ccccc31)C2. The van der Waals surface area contributed by atoms with Crippen molar-refractivity contribution < 1.29 is 4.74 Å². The zero-order chi connectivity index (χ0) is 18.8. The number of ether oxygens (including phenoxy) is 1. The fraction of sp³-hybridized carbons (Fsp3) is 0.478. The van der Waals surface area contributed by atoms with E-state index in [4.69, 9.17) is 4.74 Å².